The van der Waals surface area contributed by atoms with Crippen LogP contribution in [0.1, 0.15) is 32.1 Å². The molecule has 2 bridgehead atoms. The fraction of sp³-hybridized carbons (Fsp3) is 0.722. The van der Waals surface area contributed by atoms with Crippen LogP contribution in [-0.4, -0.2) is 64.9 Å². The SMILES string of the molecule is O=C(CC1CC2CCC(C1)N2)Nc1cnn(CC(=O)N2CCOCC2)c1. The third-order valence-electron chi connectivity index (χ3n) is 5.62. The molecule has 2 amide bonds. The van der Waals surface area contributed by atoms with Crippen molar-refractivity contribution in [3.8, 4) is 0 Å². The lowest BCUT2D eigenvalue weighted by molar-refractivity contribution is -0.136. The molecular weight excluding hydrogens is 334 g/mol. The number of carbonyl (C=O) groups is 2. The Hall–Kier alpha value is -1.93. The van der Waals surface area contributed by atoms with Gasteiger partial charge in [0.15, 0.2) is 0 Å². The van der Waals surface area contributed by atoms with Crippen LogP contribution in [-0.2, 0) is 20.9 Å². The Morgan fingerprint density at radius 3 is 2.69 bits per heavy atom. The van der Waals surface area contributed by atoms with Crippen LogP contribution in [0.25, 0.3) is 0 Å². The molecule has 0 saturated carbocycles. The summed E-state index contributed by atoms with van der Waals surface area (Å²) < 4.78 is 6.84. The summed E-state index contributed by atoms with van der Waals surface area (Å²) in [6, 6.07) is 1.20. The van der Waals surface area contributed by atoms with Gasteiger partial charge in [0.2, 0.25) is 11.8 Å². The Morgan fingerprint density at radius 1 is 1.23 bits per heavy atom. The van der Waals surface area contributed by atoms with Crippen molar-refractivity contribution in [2.24, 2.45) is 5.92 Å². The summed E-state index contributed by atoms with van der Waals surface area (Å²) >= 11 is 0. The van der Waals surface area contributed by atoms with Crippen LogP contribution in [0.2, 0.25) is 0 Å². The highest BCUT2D eigenvalue weighted by molar-refractivity contribution is 5.90. The Bertz CT molecular complexity index is 643. The number of rotatable bonds is 5. The van der Waals surface area contributed by atoms with Gasteiger partial charge in [-0.25, -0.2) is 0 Å². The molecule has 3 fully saturated rings. The van der Waals surface area contributed by atoms with Gasteiger partial charge in [0.25, 0.3) is 0 Å². The molecule has 142 valence electrons. The molecular formula is C18H27N5O3. The van der Waals surface area contributed by atoms with Gasteiger partial charge in [-0.15, -0.1) is 0 Å². The predicted molar refractivity (Wildman–Crippen MR) is 95.5 cm³/mol. The summed E-state index contributed by atoms with van der Waals surface area (Å²) in [7, 11) is 0. The van der Waals surface area contributed by atoms with Gasteiger partial charge in [0, 0.05) is 37.8 Å². The topological polar surface area (TPSA) is 88.5 Å². The first-order valence-electron chi connectivity index (χ1n) is 9.59. The van der Waals surface area contributed by atoms with E-state index < -0.39 is 0 Å². The van der Waals surface area contributed by atoms with Gasteiger partial charge >= 0.3 is 0 Å². The summed E-state index contributed by atoms with van der Waals surface area (Å²) in [5, 5.41) is 10.7. The van der Waals surface area contributed by atoms with E-state index in [9.17, 15) is 9.59 Å². The van der Waals surface area contributed by atoms with Gasteiger partial charge in [-0.1, -0.05) is 0 Å². The fourth-order valence-corrected chi connectivity index (χ4v) is 4.38. The first kappa shape index (κ1) is 17.5. The molecule has 4 rings (SSSR count). The first-order valence-corrected chi connectivity index (χ1v) is 9.59. The number of hydrogen-bond acceptors (Lipinski definition) is 5. The number of piperidine rings is 1. The lowest BCUT2D eigenvalue weighted by Gasteiger charge is -2.28. The van der Waals surface area contributed by atoms with E-state index in [1.807, 2.05) is 0 Å². The fourth-order valence-electron chi connectivity index (χ4n) is 4.38. The van der Waals surface area contributed by atoms with Crippen LogP contribution in [0.4, 0.5) is 5.69 Å². The van der Waals surface area contributed by atoms with Crippen LogP contribution in [0.5, 0.6) is 0 Å². The monoisotopic (exact) mass is 361 g/mol. The highest BCUT2D eigenvalue weighted by Crippen LogP contribution is 2.32. The van der Waals surface area contributed by atoms with Crippen molar-refractivity contribution in [1.29, 1.82) is 0 Å². The maximum absolute atomic E-state index is 12.3. The Labute approximate surface area is 153 Å². The van der Waals surface area contributed by atoms with E-state index in [0.29, 0.717) is 56.4 Å². The number of ether oxygens (including phenoxy) is 1. The third kappa shape index (κ3) is 4.24. The molecule has 8 nitrogen and oxygen atoms in total. The molecule has 8 heteroatoms. The quantitative estimate of drug-likeness (QED) is 0.802. The van der Waals surface area contributed by atoms with E-state index in [2.05, 4.69) is 15.7 Å². The minimum Gasteiger partial charge on any atom is -0.378 e. The molecule has 26 heavy (non-hydrogen) atoms. The van der Waals surface area contributed by atoms with Crippen molar-refractivity contribution < 1.29 is 14.3 Å². The van der Waals surface area contributed by atoms with E-state index >= 15 is 0 Å². The van der Waals surface area contributed by atoms with Gasteiger partial charge in [0.1, 0.15) is 6.54 Å². The van der Waals surface area contributed by atoms with E-state index in [1.54, 1.807) is 22.0 Å². The summed E-state index contributed by atoms with van der Waals surface area (Å²) in [5.74, 6) is 0.529. The van der Waals surface area contributed by atoms with Crippen molar-refractivity contribution in [3.63, 3.8) is 0 Å². The number of carbonyl (C=O) groups excluding carboxylic acids is 2. The first-order chi connectivity index (χ1) is 12.7. The molecule has 2 N–H and O–H groups in total. The Balaban J connectivity index is 1.25. The van der Waals surface area contributed by atoms with Gasteiger partial charge in [-0.3, -0.25) is 14.3 Å². The molecule has 3 aliphatic rings. The average Bonchev–Trinajstić information content (AvgIpc) is 3.21. The maximum Gasteiger partial charge on any atom is 0.244 e. The molecule has 4 heterocycles. The molecule has 0 spiro atoms. The normalized spacial score (nSPS) is 28.2. The molecule has 3 aliphatic heterocycles. The minimum absolute atomic E-state index is 0.0273. The highest BCUT2D eigenvalue weighted by Gasteiger charge is 2.34. The number of hydrogen-bond donors (Lipinski definition) is 2. The lowest BCUT2D eigenvalue weighted by atomic mass is 9.89. The lowest BCUT2D eigenvalue weighted by Crippen LogP contribution is -2.42. The molecule has 0 aliphatic carbocycles. The Kier molecular flexibility index (Phi) is 5.21. The van der Waals surface area contributed by atoms with Gasteiger partial charge < -0.3 is 20.3 Å². The zero-order valence-electron chi connectivity index (χ0n) is 15.0. The summed E-state index contributed by atoms with van der Waals surface area (Å²) in [6.45, 7) is 2.62. The van der Waals surface area contributed by atoms with Gasteiger partial charge in [0.05, 0.1) is 25.1 Å². The molecule has 1 aromatic heterocycles. The standard InChI is InChI=1S/C18H27N5O3/c24-17(9-13-7-14-1-2-15(8-13)20-14)21-16-10-19-23(11-16)12-18(25)22-3-5-26-6-4-22/h10-11,13-15,20H,1-9,12H2,(H,21,24). The van der Waals surface area contributed by atoms with E-state index in [0.717, 1.165) is 12.8 Å². The minimum atomic E-state index is 0.0273. The van der Waals surface area contributed by atoms with Crippen molar-refractivity contribution >= 4 is 17.5 Å². The van der Waals surface area contributed by atoms with Crippen molar-refractivity contribution in [2.45, 2.75) is 50.7 Å². The van der Waals surface area contributed by atoms with E-state index in [-0.39, 0.29) is 18.4 Å². The van der Waals surface area contributed by atoms with Crippen LogP contribution < -0.4 is 10.6 Å². The number of fused-ring (bicyclic) bond motifs is 2. The number of amides is 2. The molecule has 3 saturated heterocycles. The second-order valence-electron chi connectivity index (χ2n) is 7.65. The highest BCUT2D eigenvalue weighted by atomic mass is 16.5. The number of nitrogens with one attached hydrogen (secondary N) is 2. The van der Waals surface area contributed by atoms with Gasteiger partial charge in [-0.05, 0) is 31.6 Å². The van der Waals surface area contributed by atoms with Crippen LogP contribution in [0.3, 0.4) is 0 Å². The number of anilines is 1. The second-order valence-corrected chi connectivity index (χ2v) is 7.65. The second kappa shape index (κ2) is 7.75. The summed E-state index contributed by atoms with van der Waals surface area (Å²) in [6.07, 6.45) is 8.57. The predicted octanol–water partition coefficient (Wildman–Crippen LogP) is 0.601. The summed E-state index contributed by atoms with van der Waals surface area (Å²) in [4.78, 5) is 26.4. The van der Waals surface area contributed by atoms with E-state index in [4.69, 9.17) is 4.74 Å². The number of nitrogens with zero attached hydrogens (tertiary/aromatic N) is 3. The number of morpholine rings is 1. The Morgan fingerprint density at radius 2 is 1.96 bits per heavy atom. The molecule has 2 atom stereocenters. The van der Waals surface area contributed by atoms with Crippen molar-refractivity contribution in [1.82, 2.24) is 20.0 Å². The van der Waals surface area contributed by atoms with Crippen molar-refractivity contribution in [2.75, 3.05) is 31.6 Å². The largest absolute Gasteiger partial charge is 0.378 e. The zero-order valence-corrected chi connectivity index (χ0v) is 15.0. The van der Waals surface area contributed by atoms with Crippen LogP contribution >= 0.6 is 0 Å². The molecule has 1 aromatic rings. The van der Waals surface area contributed by atoms with Crippen LogP contribution in [0, 0.1) is 5.92 Å². The molecule has 0 aromatic carbocycles. The third-order valence-corrected chi connectivity index (χ3v) is 5.62. The van der Waals surface area contributed by atoms with Crippen LogP contribution in [0.15, 0.2) is 12.4 Å². The zero-order chi connectivity index (χ0) is 17.9. The number of aromatic nitrogens is 2. The maximum atomic E-state index is 12.3. The summed E-state index contributed by atoms with van der Waals surface area (Å²) in [5.41, 5.74) is 0.654. The smallest absolute Gasteiger partial charge is 0.244 e. The molecule has 0 radical (unpaired) electrons. The van der Waals surface area contributed by atoms with E-state index in [1.165, 1.54) is 12.8 Å². The average molecular weight is 361 g/mol. The molecule has 2 unspecified atom stereocenters. The van der Waals surface area contributed by atoms with Crippen molar-refractivity contribution in [3.05, 3.63) is 12.4 Å². The van der Waals surface area contributed by atoms with Gasteiger partial charge in [-0.2, -0.15) is 5.10 Å².